The standard InChI is InChI=1S/C24H28N4O3/c1-18-6-7-23(19(2)14-18)31-17-28-9-8-22(26-28)24(29)25-21-5-3-4-20(15-21)16-27-10-12-30-13-11-27/h3-9,14-15H,10-13,16-17H2,1-2H3,(H,25,29). The number of nitrogens with one attached hydrogen (secondary N) is 1. The SMILES string of the molecule is Cc1ccc(OCn2ccc(C(=O)Nc3cccc(CN4CCOCC4)c3)n2)c(C)c1. The second-order valence-electron chi connectivity index (χ2n) is 7.83. The van der Waals surface area contributed by atoms with Crippen molar-refractivity contribution in [2.75, 3.05) is 31.6 Å². The van der Waals surface area contributed by atoms with Crippen molar-refractivity contribution in [3.05, 3.63) is 77.1 Å². The van der Waals surface area contributed by atoms with Crippen LogP contribution in [0.5, 0.6) is 5.75 Å². The molecule has 2 heterocycles. The van der Waals surface area contributed by atoms with Crippen LogP contribution < -0.4 is 10.1 Å². The highest BCUT2D eigenvalue weighted by Crippen LogP contribution is 2.19. The average molecular weight is 421 g/mol. The Labute approximate surface area is 182 Å². The van der Waals surface area contributed by atoms with Crippen molar-refractivity contribution in [1.29, 1.82) is 0 Å². The van der Waals surface area contributed by atoms with E-state index < -0.39 is 0 Å². The average Bonchev–Trinajstić information content (AvgIpc) is 3.23. The Morgan fingerprint density at radius 2 is 1.97 bits per heavy atom. The van der Waals surface area contributed by atoms with Crippen molar-refractivity contribution in [1.82, 2.24) is 14.7 Å². The first-order valence-electron chi connectivity index (χ1n) is 10.5. The van der Waals surface area contributed by atoms with Crippen LogP contribution in [0.3, 0.4) is 0 Å². The van der Waals surface area contributed by atoms with Crippen LogP contribution in [-0.4, -0.2) is 46.9 Å². The Hall–Kier alpha value is -3.16. The molecule has 0 spiro atoms. The molecular formula is C24H28N4O3. The van der Waals surface area contributed by atoms with E-state index in [4.69, 9.17) is 9.47 Å². The Kier molecular flexibility index (Phi) is 6.64. The van der Waals surface area contributed by atoms with Gasteiger partial charge in [-0.3, -0.25) is 9.69 Å². The Morgan fingerprint density at radius 3 is 2.77 bits per heavy atom. The summed E-state index contributed by atoms with van der Waals surface area (Å²) >= 11 is 0. The van der Waals surface area contributed by atoms with Crippen LogP contribution in [0.15, 0.2) is 54.7 Å². The van der Waals surface area contributed by atoms with Crippen LogP contribution in [0, 0.1) is 13.8 Å². The molecule has 0 aliphatic carbocycles. The van der Waals surface area contributed by atoms with Gasteiger partial charge in [0.05, 0.1) is 13.2 Å². The largest absolute Gasteiger partial charge is 0.471 e. The molecule has 162 valence electrons. The molecule has 31 heavy (non-hydrogen) atoms. The van der Waals surface area contributed by atoms with Crippen molar-refractivity contribution in [3.8, 4) is 5.75 Å². The summed E-state index contributed by atoms with van der Waals surface area (Å²) < 4.78 is 12.8. The smallest absolute Gasteiger partial charge is 0.276 e. The van der Waals surface area contributed by atoms with Gasteiger partial charge in [-0.15, -0.1) is 0 Å². The molecule has 0 saturated carbocycles. The maximum absolute atomic E-state index is 12.6. The lowest BCUT2D eigenvalue weighted by molar-refractivity contribution is 0.0342. The van der Waals surface area contributed by atoms with Gasteiger partial charge in [0.1, 0.15) is 5.75 Å². The van der Waals surface area contributed by atoms with Crippen LogP contribution in [0.25, 0.3) is 0 Å². The highest BCUT2D eigenvalue weighted by Gasteiger charge is 2.13. The van der Waals surface area contributed by atoms with E-state index in [0.29, 0.717) is 5.69 Å². The first-order chi connectivity index (χ1) is 15.1. The summed E-state index contributed by atoms with van der Waals surface area (Å²) in [6, 6.07) is 15.7. The molecule has 1 saturated heterocycles. The molecule has 7 heteroatoms. The molecule has 1 aromatic heterocycles. The van der Waals surface area contributed by atoms with E-state index in [0.717, 1.165) is 55.4 Å². The van der Waals surface area contributed by atoms with Gasteiger partial charge in [-0.25, -0.2) is 4.68 Å². The van der Waals surface area contributed by atoms with Crippen molar-refractivity contribution in [2.45, 2.75) is 27.1 Å². The summed E-state index contributed by atoms with van der Waals surface area (Å²) in [5, 5.41) is 7.28. The second-order valence-corrected chi connectivity index (χ2v) is 7.83. The van der Waals surface area contributed by atoms with E-state index in [9.17, 15) is 4.79 Å². The number of hydrogen-bond acceptors (Lipinski definition) is 5. The molecule has 0 bridgehead atoms. The predicted molar refractivity (Wildman–Crippen MR) is 119 cm³/mol. The van der Waals surface area contributed by atoms with Crippen LogP contribution in [0.2, 0.25) is 0 Å². The quantitative estimate of drug-likeness (QED) is 0.632. The number of morpholine rings is 1. The van der Waals surface area contributed by atoms with E-state index in [2.05, 4.69) is 27.4 Å². The lowest BCUT2D eigenvalue weighted by Gasteiger charge is -2.26. The van der Waals surface area contributed by atoms with E-state index in [-0.39, 0.29) is 12.6 Å². The molecule has 1 amide bonds. The number of ether oxygens (including phenoxy) is 2. The summed E-state index contributed by atoms with van der Waals surface area (Å²) in [6.07, 6.45) is 1.74. The molecule has 0 radical (unpaired) electrons. The summed E-state index contributed by atoms with van der Waals surface area (Å²) in [7, 11) is 0. The fourth-order valence-electron chi connectivity index (χ4n) is 3.61. The van der Waals surface area contributed by atoms with Gasteiger partial charge < -0.3 is 14.8 Å². The molecule has 0 unspecified atom stereocenters. The number of nitrogens with zero attached hydrogens (tertiary/aromatic N) is 3. The minimum atomic E-state index is -0.242. The summed E-state index contributed by atoms with van der Waals surface area (Å²) in [6.45, 7) is 8.55. The first-order valence-corrected chi connectivity index (χ1v) is 10.5. The molecule has 1 fully saturated rings. The summed E-state index contributed by atoms with van der Waals surface area (Å²) in [4.78, 5) is 15.0. The van der Waals surface area contributed by atoms with Crippen molar-refractivity contribution >= 4 is 11.6 Å². The molecule has 2 aromatic carbocycles. The van der Waals surface area contributed by atoms with Gasteiger partial charge in [0.15, 0.2) is 12.4 Å². The molecule has 1 N–H and O–H groups in total. The zero-order valence-electron chi connectivity index (χ0n) is 18.0. The zero-order chi connectivity index (χ0) is 21.6. The molecule has 0 atom stereocenters. The number of amides is 1. The van der Waals surface area contributed by atoms with Gasteiger partial charge in [0.25, 0.3) is 5.91 Å². The molecule has 3 aromatic rings. The third kappa shape index (κ3) is 5.71. The first kappa shape index (κ1) is 21.1. The van der Waals surface area contributed by atoms with E-state index >= 15 is 0 Å². The fraction of sp³-hybridized carbons (Fsp3) is 0.333. The predicted octanol–water partition coefficient (Wildman–Crippen LogP) is 3.62. The van der Waals surface area contributed by atoms with Crippen LogP contribution in [0.1, 0.15) is 27.2 Å². The molecule has 1 aliphatic heterocycles. The topological polar surface area (TPSA) is 68.6 Å². The lowest BCUT2D eigenvalue weighted by Crippen LogP contribution is -2.35. The Balaban J connectivity index is 1.34. The van der Waals surface area contributed by atoms with Crippen LogP contribution >= 0.6 is 0 Å². The van der Waals surface area contributed by atoms with Gasteiger partial charge in [0, 0.05) is 31.5 Å². The third-order valence-corrected chi connectivity index (χ3v) is 5.25. The zero-order valence-corrected chi connectivity index (χ0v) is 18.0. The van der Waals surface area contributed by atoms with Gasteiger partial charge in [0.2, 0.25) is 0 Å². The minimum absolute atomic E-state index is 0.242. The van der Waals surface area contributed by atoms with Crippen molar-refractivity contribution in [3.63, 3.8) is 0 Å². The molecular weight excluding hydrogens is 392 g/mol. The van der Waals surface area contributed by atoms with Gasteiger partial charge in [-0.2, -0.15) is 5.10 Å². The van der Waals surface area contributed by atoms with Gasteiger partial charge in [-0.05, 0) is 49.2 Å². The molecule has 4 rings (SSSR count). The molecule has 1 aliphatic rings. The second kappa shape index (κ2) is 9.76. The highest BCUT2D eigenvalue weighted by atomic mass is 16.5. The maximum atomic E-state index is 12.6. The monoisotopic (exact) mass is 420 g/mol. The summed E-state index contributed by atoms with van der Waals surface area (Å²) in [5.41, 5.74) is 4.53. The number of rotatable bonds is 7. The van der Waals surface area contributed by atoms with Crippen LogP contribution in [0.4, 0.5) is 5.69 Å². The number of aryl methyl sites for hydroxylation is 2. The van der Waals surface area contributed by atoms with E-state index in [1.165, 1.54) is 5.56 Å². The van der Waals surface area contributed by atoms with Crippen molar-refractivity contribution < 1.29 is 14.3 Å². The van der Waals surface area contributed by atoms with Gasteiger partial charge >= 0.3 is 0 Å². The Morgan fingerprint density at radius 1 is 1.13 bits per heavy atom. The number of benzene rings is 2. The lowest BCUT2D eigenvalue weighted by atomic mass is 10.1. The number of aromatic nitrogens is 2. The maximum Gasteiger partial charge on any atom is 0.276 e. The number of anilines is 1. The number of carbonyl (C=O) groups is 1. The Bertz CT molecular complexity index is 1040. The third-order valence-electron chi connectivity index (χ3n) is 5.25. The summed E-state index contributed by atoms with van der Waals surface area (Å²) in [5.74, 6) is 0.568. The number of carbonyl (C=O) groups excluding carboxylic acids is 1. The van der Waals surface area contributed by atoms with Gasteiger partial charge in [-0.1, -0.05) is 29.8 Å². The van der Waals surface area contributed by atoms with E-state index in [1.807, 2.05) is 44.2 Å². The molecule has 7 nitrogen and oxygen atoms in total. The highest BCUT2D eigenvalue weighted by molar-refractivity contribution is 6.02. The van der Waals surface area contributed by atoms with Crippen molar-refractivity contribution in [2.24, 2.45) is 0 Å². The van der Waals surface area contributed by atoms with E-state index in [1.54, 1.807) is 16.9 Å². The number of hydrogen-bond donors (Lipinski definition) is 1. The fourth-order valence-corrected chi connectivity index (χ4v) is 3.61. The minimum Gasteiger partial charge on any atom is -0.471 e. The normalized spacial score (nSPS) is 14.4. The van der Waals surface area contributed by atoms with Crippen LogP contribution in [-0.2, 0) is 18.0 Å².